The van der Waals surface area contributed by atoms with Gasteiger partial charge in [0.05, 0.1) is 48.8 Å². The minimum Gasteiger partial charge on any atom is -0.467 e. The standard InChI is InChI=1S/C26H32N6O8S6/c1-39-24(36)20(12-44-32-19(11-42)26(38)43)29-22(34)14-3-5-17(27-7-14)18-6-4-15(8-28-18)23(35)30-21(25(37)40-2)13-45-46-31-16(9-33)10-41/h3-9,16,19-21,31-32,41-42H,10-13H2,1-2H3,(H,29,34)(H,30,35)(H,38,43)/t16-,19+,20?,21?/m1/s1. The summed E-state index contributed by atoms with van der Waals surface area (Å²) in [4.78, 5) is 80.9. The fraction of sp³-hybridized carbons (Fsp3) is 0.385. The predicted molar refractivity (Wildman–Crippen MR) is 188 cm³/mol. The van der Waals surface area contributed by atoms with E-state index in [1.165, 1.54) is 49.5 Å². The molecule has 0 bridgehead atoms. The van der Waals surface area contributed by atoms with Crippen LogP contribution in [0.25, 0.3) is 11.4 Å². The molecule has 0 saturated heterocycles. The molecule has 2 amide bonds. The zero-order chi connectivity index (χ0) is 34.1. The van der Waals surface area contributed by atoms with Crippen molar-refractivity contribution in [1.82, 2.24) is 30.0 Å². The minimum atomic E-state index is -1.02. The smallest absolute Gasteiger partial charge is 0.329 e. The van der Waals surface area contributed by atoms with Crippen LogP contribution in [-0.2, 0) is 28.7 Å². The Balaban J connectivity index is 2.00. The van der Waals surface area contributed by atoms with Crippen molar-refractivity contribution >= 4 is 107 Å². The fourth-order valence-corrected chi connectivity index (χ4v) is 7.05. The lowest BCUT2D eigenvalue weighted by Crippen LogP contribution is -2.44. The zero-order valence-corrected chi connectivity index (χ0v) is 29.5. The SMILES string of the molecule is COC(=O)C(CSN[C@@H](CS)C(=O)S)NC(=O)c1ccc(-c2ccc(C(=O)NC(CSSN[C@H](C=O)CS)C(=O)OC)cn2)nc1. The monoisotopic (exact) mass is 748 g/mol. The van der Waals surface area contributed by atoms with E-state index in [0.29, 0.717) is 17.1 Å². The Kier molecular flexibility index (Phi) is 18.5. The maximum atomic E-state index is 12.8. The number of nitrogens with one attached hydrogen (secondary N) is 4. The Hall–Kier alpha value is -2.46. The van der Waals surface area contributed by atoms with Crippen molar-refractivity contribution < 1.29 is 38.2 Å². The van der Waals surface area contributed by atoms with Crippen molar-refractivity contribution in [1.29, 1.82) is 0 Å². The molecule has 4 atom stereocenters. The van der Waals surface area contributed by atoms with Gasteiger partial charge >= 0.3 is 11.9 Å². The molecule has 0 spiro atoms. The van der Waals surface area contributed by atoms with E-state index in [-0.39, 0.29) is 28.4 Å². The number of ether oxygens (including phenoxy) is 2. The van der Waals surface area contributed by atoms with E-state index in [4.69, 9.17) is 9.47 Å². The second-order valence-corrected chi connectivity index (χ2v) is 13.1. The summed E-state index contributed by atoms with van der Waals surface area (Å²) in [6, 6.07) is 3.02. The lowest BCUT2D eigenvalue weighted by atomic mass is 10.1. The lowest BCUT2D eigenvalue weighted by molar-refractivity contribution is -0.143. The number of aldehydes is 1. The molecule has 2 aromatic rings. The number of thiol groups is 3. The molecule has 0 aliphatic rings. The second kappa shape index (κ2) is 21.4. The first-order valence-electron chi connectivity index (χ1n) is 13.1. The van der Waals surface area contributed by atoms with Gasteiger partial charge in [-0.1, -0.05) is 22.7 Å². The number of carbonyl (C=O) groups excluding carboxylic acids is 6. The summed E-state index contributed by atoms with van der Waals surface area (Å²) in [7, 11) is 4.77. The second-order valence-electron chi connectivity index (χ2n) is 8.88. The normalized spacial score (nSPS) is 13.4. The number of amides is 2. The molecule has 0 saturated carbocycles. The van der Waals surface area contributed by atoms with Gasteiger partial charge in [0.15, 0.2) is 0 Å². The molecular weight excluding hydrogens is 717 g/mol. The number of hydrogen-bond acceptors (Lipinski definition) is 17. The lowest BCUT2D eigenvalue weighted by Gasteiger charge is -2.18. The van der Waals surface area contributed by atoms with Crippen molar-refractivity contribution in [2.75, 3.05) is 37.2 Å². The first-order valence-corrected chi connectivity index (χ1v) is 18.1. The van der Waals surface area contributed by atoms with Crippen LogP contribution in [0.15, 0.2) is 36.7 Å². The van der Waals surface area contributed by atoms with Crippen molar-refractivity contribution in [2.45, 2.75) is 24.2 Å². The highest BCUT2D eigenvalue weighted by molar-refractivity contribution is 8.76. The van der Waals surface area contributed by atoms with Crippen LogP contribution < -0.4 is 20.1 Å². The van der Waals surface area contributed by atoms with E-state index >= 15 is 0 Å². The third-order valence-corrected chi connectivity index (χ3v) is 9.76. The molecule has 14 nitrogen and oxygen atoms in total. The fourth-order valence-electron chi connectivity index (χ4n) is 3.17. The number of esters is 2. The summed E-state index contributed by atoms with van der Waals surface area (Å²) in [6.07, 6.45) is 3.35. The molecule has 2 aromatic heterocycles. The summed E-state index contributed by atoms with van der Waals surface area (Å²) in [5, 5.41) is 4.78. The molecule has 0 fully saturated rings. The van der Waals surface area contributed by atoms with Gasteiger partial charge in [0, 0.05) is 35.4 Å². The van der Waals surface area contributed by atoms with Gasteiger partial charge < -0.3 is 24.9 Å². The summed E-state index contributed by atoms with van der Waals surface area (Å²) in [6.45, 7) is 0. The molecule has 2 unspecified atom stereocenters. The average Bonchev–Trinajstić information content (AvgIpc) is 3.08. The van der Waals surface area contributed by atoms with Crippen LogP contribution in [0.5, 0.6) is 0 Å². The quantitative estimate of drug-likeness (QED) is 0.0254. The van der Waals surface area contributed by atoms with Crippen LogP contribution in [0.3, 0.4) is 0 Å². The third kappa shape index (κ3) is 13.0. The number of rotatable bonds is 20. The Morgan fingerprint density at radius 2 is 1.33 bits per heavy atom. The highest BCUT2D eigenvalue weighted by Gasteiger charge is 2.25. The van der Waals surface area contributed by atoms with E-state index in [1.54, 1.807) is 12.1 Å². The molecule has 0 aliphatic heterocycles. The number of aromatic nitrogens is 2. The largest absolute Gasteiger partial charge is 0.467 e. The average molecular weight is 749 g/mol. The molecule has 0 radical (unpaired) electrons. The van der Waals surface area contributed by atoms with Crippen molar-refractivity contribution in [3.05, 3.63) is 47.8 Å². The molecule has 2 heterocycles. The van der Waals surface area contributed by atoms with Crippen LogP contribution in [0.2, 0.25) is 0 Å². The van der Waals surface area contributed by atoms with Gasteiger partial charge in [-0.25, -0.2) is 14.3 Å². The molecule has 0 aliphatic carbocycles. The van der Waals surface area contributed by atoms with E-state index in [9.17, 15) is 28.8 Å². The van der Waals surface area contributed by atoms with Crippen LogP contribution in [0.1, 0.15) is 20.7 Å². The Bertz CT molecular complexity index is 1340. The van der Waals surface area contributed by atoms with E-state index < -0.39 is 53.0 Å². The van der Waals surface area contributed by atoms with Crippen molar-refractivity contribution in [3.63, 3.8) is 0 Å². The molecule has 46 heavy (non-hydrogen) atoms. The molecule has 2 rings (SSSR count). The molecule has 250 valence electrons. The van der Waals surface area contributed by atoms with Gasteiger partial charge in [0.2, 0.25) is 5.12 Å². The van der Waals surface area contributed by atoms with Crippen LogP contribution in [-0.4, -0.2) is 107 Å². The zero-order valence-electron chi connectivity index (χ0n) is 24.4. The van der Waals surface area contributed by atoms with E-state index in [2.05, 4.69) is 67.9 Å². The number of methoxy groups -OCH3 is 2. The van der Waals surface area contributed by atoms with Gasteiger partial charge in [0.25, 0.3) is 11.8 Å². The highest BCUT2D eigenvalue weighted by atomic mass is 33.1. The van der Waals surface area contributed by atoms with Gasteiger partial charge in [-0.05, 0) is 35.2 Å². The minimum absolute atomic E-state index is 0.0622. The van der Waals surface area contributed by atoms with Crippen LogP contribution >= 0.6 is 71.6 Å². The van der Waals surface area contributed by atoms with Gasteiger partial charge in [-0.3, -0.25) is 29.1 Å². The van der Waals surface area contributed by atoms with Crippen LogP contribution in [0.4, 0.5) is 0 Å². The summed E-state index contributed by atoms with van der Waals surface area (Å²) in [5.74, 6) is -1.72. The molecule has 0 aromatic carbocycles. The number of nitrogens with zero attached hydrogens (tertiary/aromatic N) is 2. The third-order valence-electron chi connectivity index (χ3n) is 5.71. The first kappa shape index (κ1) is 39.7. The topological polar surface area (TPSA) is 195 Å². The number of hydrogen-bond donors (Lipinski definition) is 7. The summed E-state index contributed by atoms with van der Waals surface area (Å²) < 4.78 is 15.3. The summed E-state index contributed by atoms with van der Waals surface area (Å²) >= 11 is 12.9. The first-order chi connectivity index (χ1) is 22.1. The Labute approximate surface area is 294 Å². The van der Waals surface area contributed by atoms with E-state index in [1.807, 2.05) is 0 Å². The van der Waals surface area contributed by atoms with Gasteiger partial charge in [-0.15, -0.1) is 12.6 Å². The Morgan fingerprint density at radius 1 is 0.804 bits per heavy atom. The van der Waals surface area contributed by atoms with Crippen molar-refractivity contribution in [2.24, 2.45) is 0 Å². The maximum Gasteiger partial charge on any atom is 0.329 e. The number of pyridine rings is 2. The molecule has 20 heteroatoms. The van der Waals surface area contributed by atoms with Crippen LogP contribution in [0, 0.1) is 0 Å². The summed E-state index contributed by atoms with van der Waals surface area (Å²) in [5.41, 5.74) is 1.16. The van der Waals surface area contributed by atoms with E-state index in [0.717, 1.165) is 29.2 Å². The van der Waals surface area contributed by atoms with Crippen molar-refractivity contribution in [3.8, 4) is 11.4 Å². The highest BCUT2D eigenvalue weighted by Crippen LogP contribution is 2.20. The number of carbonyl (C=O) groups is 6. The molecular formula is C26H32N6O8S6. The molecule has 4 N–H and O–H groups in total. The van der Waals surface area contributed by atoms with Gasteiger partial charge in [0.1, 0.15) is 18.4 Å². The Morgan fingerprint density at radius 3 is 1.72 bits per heavy atom. The maximum absolute atomic E-state index is 12.8. The van der Waals surface area contributed by atoms with Gasteiger partial charge in [-0.2, -0.15) is 25.3 Å². The predicted octanol–water partition coefficient (Wildman–Crippen LogP) is 1.06.